The van der Waals surface area contributed by atoms with E-state index >= 15 is 0 Å². The van der Waals surface area contributed by atoms with Gasteiger partial charge in [-0.25, -0.2) is 14.3 Å². The molecule has 2 aromatic rings. The molecule has 2 heterocycles. The molecule has 0 aromatic carbocycles. The maximum atomic E-state index is 12.2. The molecule has 2 aromatic heterocycles. The summed E-state index contributed by atoms with van der Waals surface area (Å²) in [7, 11) is 1.55. The zero-order valence-corrected chi connectivity index (χ0v) is 10.5. The third-order valence-corrected chi connectivity index (χ3v) is 2.97. The van der Waals surface area contributed by atoms with Crippen LogP contribution in [0.3, 0.4) is 0 Å². The third kappa shape index (κ3) is 1.46. The molecule has 0 atom stereocenters. The lowest BCUT2D eigenvalue weighted by Gasteiger charge is -2.06. The van der Waals surface area contributed by atoms with E-state index in [2.05, 4.69) is 4.98 Å². The molecule has 0 spiro atoms. The zero-order chi connectivity index (χ0) is 13.4. The van der Waals surface area contributed by atoms with Crippen molar-refractivity contribution in [2.24, 2.45) is 7.05 Å². The van der Waals surface area contributed by atoms with Crippen molar-refractivity contribution in [1.29, 1.82) is 5.26 Å². The molecule has 0 aliphatic carbocycles. The Hall–Kier alpha value is -2.36. The van der Waals surface area contributed by atoms with Crippen molar-refractivity contribution in [3.63, 3.8) is 0 Å². The number of rotatable bonds is 2. The predicted octanol–water partition coefficient (Wildman–Crippen LogP) is -0.251. The number of nitrogens with zero attached hydrogens (tertiary/aromatic N) is 5. The van der Waals surface area contributed by atoms with Crippen molar-refractivity contribution in [3.05, 3.63) is 26.7 Å². The summed E-state index contributed by atoms with van der Waals surface area (Å²) in [5.74, 6) is 0.675. The fraction of sp³-hybridized carbons (Fsp3) is 0.455. The smallest absolute Gasteiger partial charge is 0.323 e. The van der Waals surface area contributed by atoms with Crippen LogP contribution >= 0.6 is 0 Å². The molecule has 0 unspecified atom stereocenters. The van der Waals surface area contributed by atoms with Crippen LogP contribution < -0.4 is 11.2 Å². The molecule has 0 amide bonds. The van der Waals surface area contributed by atoms with Gasteiger partial charge in [-0.2, -0.15) is 5.26 Å². The Labute approximate surface area is 103 Å². The molecule has 0 saturated heterocycles. The van der Waals surface area contributed by atoms with E-state index < -0.39 is 11.2 Å². The number of hydrogen-bond acceptors (Lipinski definition) is 4. The largest absolute Gasteiger partial charge is 0.333 e. The lowest BCUT2D eigenvalue weighted by molar-refractivity contribution is 0.666. The maximum absolute atomic E-state index is 12.2. The highest BCUT2D eigenvalue weighted by molar-refractivity contribution is 5.70. The summed E-state index contributed by atoms with van der Waals surface area (Å²) >= 11 is 0. The van der Waals surface area contributed by atoms with E-state index in [1.165, 1.54) is 4.57 Å². The van der Waals surface area contributed by atoms with E-state index in [1.807, 2.05) is 13.0 Å². The Bertz CT molecular complexity index is 772. The van der Waals surface area contributed by atoms with Gasteiger partial charge in [0.25, 0.3) is 5.56 Å². The highest BCUT2D eigenvalue weighted by Crippen LogP contribution is 2.09. The van der Waals surface area contributed by atoms with Gasteiger partial charge in [0, 0.05) is 13.6 Å². The number of aryl methyl sites for hydroxylation is 3. The minimum absolute atomic E-state index is 0.255. The lowest BCUT2D eigenvalue weighted by atomic mass is 10.4. The van der Waals surface area contributed by atoms with Crippen LogP contribution in [0.1, 0.15) is 12.7 Å². The molecule has 18 heavy (non-hydrogen) atoms. The molecule has 0 bridgehead atoms. The van der Waals surface area contributed by atoms with Gasteiger partial charge in [0.15, 0.2) is 11.2 Å². The quantitative estimate of drug-likeness (QED) is 0.732. The third-order valence-electron chi connectivity index (χ3n) is 2.97. The second-order valence-electron chi connectivity index (χ2n) is 3.97. The van der Waals surface area contributed by atoms with E-state index in [0.29, 0.717) is 23.5 Å². The molecular formula is C11H13N5O2. The number of imidazole rings is 1. The molecule has 7 nitrogen and oxygen atoms in total. The number of hydrogen-bond donors (Lipinski definition) is 0. The van der Waals surface area contributed by atoms with Crippen LogP contribution in [0.15, 0.2) is 9.59 Å². The Morgan fingerprint density at radius 1 is 1.33 bits per heavy atom. The van der Waals surface area contributed by atoms with Gasteiger partial charge >= 0.3 is 5.69 Å². The van der Waals surface area contributed by atoms with Crippen LogP contribution in [-0.4, -0.2) is 18.7 Å². The van der Waals surface area contributed by atoms with E-state index in [0.717, 1.165) is 4.57 Å². The Kier molecular flexibility index (Phi) is 2.79. The van der Waals surface area contributed by atoms with Crippen LogP contribution in [0.2, 0.25) is 0 Å². The van der Waals surface area contributed by atoms with Crippen molar-refractivity contribution in [2.45, 2.75) is 26.9 Å². The van der Waals surface area contributed by atoms with Gasteiger partial charge in [-0.15, -0.1) is 0 Å². The Morgan fingerprint density at radius 3 is 2.56 bits per heavy atom. The maximum Gasteiger partial charge on any atom is 0.333 e. The van der Waals surface area contributed by atoms with Gasteiger partial charge < -0.3 is 4.57 Å². The lowest BCUT2D eigenvalue weighted by Crippen LogP contribution is -2.39. The topological polar surface area (TPSA) is 85.6 Å². The van der Waals surface area contributed by atoms with Gasteiger partial charge in [0.05, 0.1) is 6.07 Å². The van der Waals surface area contributed by atoms with Crippen LogP contribution in [0, 0.1) is 18.3 Å². The first-order chi connectivity index (χ1) is 8.52. The summed E-state index contributed by atoms with van der Waals surface area (Å²) < 4.78 is 3.97. The minimum atomic E-state index is -0.519. The van der Waals surface area contributed by atoms with E-state index in [1.54, 1.807) is 18.5 Å². The molecule has 0 aliphatic heterocycles. The zero-order valence-electron chi connectivity index (χ0n) is 10.5. The normalized spacial score (nSPS) is 10.8. The molecule has 0 N–H and O–H groups in total. The van der Waals surface area contributed by atoms with Gasteiger partial charge in [-0.1, -0.05) is 0 Å². The first-order valence-electron chi connectivity index (χ1n) is 5.56. The van der Waals surface area contributed by atoms with Gasteiger partial charge in [0.1, 0.15) is 12.4 Å². The highest BCUT2D eigenvalue weighted by atomic mass is 16.2. The Morgan fingerprint density at radius 2 is 2.00 bits per heavy atom. The first-order valence-corrected chi connectivity index (χ1v) is 5.56. The molecule has 0 radical (unpaired) electrons. The minimum Gasteiger partial charge on any atom is -0.323 e. The van der Waals surface area contributed by atoms with Gasteiger partial charge in [-0.3, -0.25) is 9.36 Å². The van der Waals surface area contributed by atoms with Crippen LogP contribution in [0.25, 0.3) is 11.2 Å². The Balaban J connectivity index is 3.06. The van der Waals surface area contributed by atoms with E-state index in [-0.39, 0.29) is 6.54 Å². The summed E-state index contributed by atoms with van der Waals surface area (Å²) in [6.45, 7) is 4.01. The summed E-state index contributed by atoms with van der Waals surface area (Å²) in [5.41, 5.74) is -0.252. The van der Waals surface area contributed by atoms with Crippen LogP contribution in [-0.2, 0) is 20.1 Å². The van der Waals surface area contributed by atoms with Crippen molar-refractivity contribution >= 4 is 11.2 Å². The summed E-state index contributed by atoms with van der Waals surface area (Å²) in [6, 6.07) is 1.82. The fourth-order valence-corrected chi connectivity index (χ4v) is 2.08. The van der Waals surface area contributed by atoms with E-state index in [9.17, 15) is 9.59 Å². The molecule has 0 saturated carbocycles. The summed E-state index contributed by atoms with van der Waals surface area (Å²) in [5, 5.41) is 8.68. The van der Waals surface area contributed by atoms with Crippen LogP contribution in [0.5, 0.6) is 0 Å². The molecule has 0 aliphatic rings. The number of fused-ring (bicyclic) bond motifs is 1. The van der Waals surface area contributed by atoms with Crippen molar-refractivity contribution < 1.29 is 0 Å². The number of aromatic nitrogens is 4. The standard InChI is InChI=1S/C11H13N5O2/c1-4-15-7(2)13-9-8(15)10(17)16(6-5-12)11(18)14(9)3/h4,6H2,1-3H3. The molecule has 94 valence electrons. The molecular weight excluding hydrogens is 234 g/mol. The second kappa shape index (κ2) is 4.14. The molecule has 2 rings (SSSR count). The monoisotopic (exact) mass is 247 g/mol. The fourth-order valence-electron chi connectivity index (χ4n) is 2.08. The molecule has 0 fully saturated rings. The second-order valence-corrected chi connectivity index (χ2v) is 3.97. The summed E-state index contributed by atoms with van der Waals surface area (Å²) in [6.07, 6.45) is 0. The number of nitriles is 1. The van der Waals surface area contributed by atoms with E-state index in [4.69, 9.17) is 5.26 Å². The van der Waals surface area contributed by atoms with Crippen molar-refractivity contribution in [1.82, 2.24) is 18.7 Å². The SMILES string of the molecule is CCn1c(C)nc2c1c(=O)n(CC#N)c(=O)n2C. The van der Waals surface area contributed by atoms with Crippen molar-refractivity contribution in [3.8, 4) is 6.07 Å². The summed E-state index contributed by atoms with van der Waals surface area (Å²) in [4.78, 5) is 28.4. The van der Waals surface area contributed by atoms with Crippen LogP contribution in [0.4, 0.5) is 0 Å². The molecule has 7 heteroatoms. The van der Waals surface area contributed by atoms with Gasteiger partial charge in [0.2, 0.25) is 0 Å². The average Bonchev–Trinajstić information content (AvgIpc) is 2.69. The predicted molar refractivity (Wildman–Crippen MR) is 65.3 cm³/mol. The first kappa shape index (κ1) is 12.1. The highest BCUT2D eigenvalue weighted by Gasteiger charge is 2.17. The average molecular weight is 247 g/mol. The van der Waals surface area contributed by atoms with Gasteiger partial charge in [-0.05, 0) is 13.8 Å². The van der Waals surface area contributed by atoms with Crippen molar-refractivity contribution in [2.75, 3.05) is 0 Å².